The first-order valence-corrected chi connectivity index (χ1v) is 9.88. The molecule has 2 N–H and O–H groups in total. The van der Waals surface area contributed by atoms with Crippen LogP contribution in [0.3, 0.4) is 0 Å². The lowest BCUT2D eigenvalue weighted by molar-refractivity contribution is -0.131. The number of Topliss-reactive ketones (excluding diaryl/α,β-unsaturated/α-hetero) is 2. The van der Waals surface area contributed by atoms with E-state index in [9.17, 15) is 19.2 Å². The molecular formula is C21H18N2O5S. The van der Waals surface area contributed by atoms with Crippen molar-refractivity contribution in [3.8, 4) is 5.75 Å². The minimum absolute atomic E-state index is 0.130. The van der Waals surface area contributed by atoms with Gasteiger partial charge >= 0.3 is 0 Å². The molecule has 0 bridgehead atoms. The summed E-state index contributed by atoms with van der Waals surface area (Å²) in [6.07, 6.45) is 1.97. The Balaban J connectivity index is 2.25. The second-order valence-corrected chi connectivity index (χ2v) is 6.97. The van der Waals surface area contributed by atoms with Crippen molar-refractivity contribution >= 4 is 46.4 Å². The topological polar surface area (TPSA) is 108 Å². The van der Waals surface area contributed by atoms with Gasteiger partial charge in [-0.1, -0.05) is 36.4 Å². The van der Waals surface area contributed by atoms with E-state index < -0.39 is 24.1 Å². The van der Waals surface area contributed by atoms with E-state index in [-0.39, 0.29) is 17.6 Å². The monoisotopic (exact) mass is 410 g/mol. The SMILES string of the molecule is CSc1c(C(=O)C(N)=O)c2c(OCC(=O)C=O)cccc2n1Cc1ccccc1. The highest BCUT2D eigenvalue weighted by molar-refractivity contribution is 7.98. The number of thioether (sulfide) groups is 1. The molecule has 8 heteroatoms. The molecule has 7 nitrogen and oxygen atoms in total. The molecule has 0 spiro atoms. The van der Waals surface area contributed by atoms with Gasteiger partial charge in [0.1, 0.15) is 5.75 Å². The summed E-state index contributed by atoms with van der Waals surface area (Å²) in [6, 6.07) is 14.7. The number of rotatable bonds is 9. The average Bonchev–Trinajstić information content (AvgIpc) is 3.05. The number of carbonyl (C=O) groups is 4. The van der Waals surface area contributed by atoms with Crippen molar-refractivity contribution in [1.82, 2.24) is 4.57 Å². The summed E-state index contributed by atoms with van der Waals surface area (Å²) in [5.74, 6) is -2.44. The van der Waals surface area contributed by atoms with Crippen LogP contribution in [0.15, 0.2) is 53.6 Å². The number of nitrogens with two attached hydrogens (primary N) is 1. The van der Waals surface area contributed by atoms with Crippen LogP contribution in [0, 0.1) is 0 Å². The summed E-state index contributed by atoms with van der Waals surface area (Å²) in [6.45, 7) is -0.0123. The lowest BCUT2D eigenvalue weighted by Gasteiger charge is -2.10. The molecule has 0 unspecified atom stereocenters. The molecule has 0 saturated heterocycles. The van der Waals surface area contributed by atoms with E-state index in [2.05, 4.69) is 0 Å². The molecule has 0 aliphatic heterocycles. The summed E-state index contributed by atoms with van der Waals surface area (Å²) in [4.78, 5) is 46.4. The van der Waals surface area contributed by atoms with E-state index in [1.165, 1.54) is 11.8 Å². The zero-order chi connectivity index (χ0) is 21.0. The van der Waals surface area contributed by atoms with Crippen molar-refractivity contribution in [3.05, 3.63) is 59.7 Å². The van der Waals surface area contributed by atoms with Gasteiger partial charge in [-0.05, 0) is 24.0 Å². The first kappa shape index (κ1) is 20.3. The van der Waals surface area contributed by atoms with Crippen molar-refractivity contribution in [3.63, 3.8) is 0 Å². The zero-order valence-electron chi connectivity index (χ0n) is 15.6. The minimum atomic E-state index is -1.09. The second-order valence-electron chi connectivity index (χ2n) is 6.17. The van der Waals surface area contributed by atoms with Gasteiger partial charge in [-0.15, -0.1) is 11.8 Å². The number of hydrogen-bond donors (Lipinski definition) is 1. The number of nitrogens with zero attached hydrogens (tertiary/aromatic N) is 1. The Morgan fingerprint density at radius 1 is 1.10 bits per heavy atom. The molecule has 148 valence electrons. The summed E-state index contributed by atoms with van der Waals surface area (Å²) >= 11 is 1.31. The number of ether oxygens (including phenoxy) is 1. The molecule has 1 aromatic heterocycles. The van der Waals surface area contributed by atoms with Crippen LogP contribution in [0.5, 0.6) is 5.75 Å². The second kappa shape index (κ2) is 8.74. The van der Waals surface area contributed by atoms with Crippen LogP contribution in [0.25, 0.3) is 10.9 Å². The predicted molar refractivity (Wildman–Crippen MR) is 109 cm³/mol. The van der Waals surface area contributed by atoms with Gasteiger partial charge < -0.3 is 15.0 Å². The molecule has 3 aromatic rings. The third-order valence-corrected chi connectivity index (χ3v) is 5.14. The van der Waals surface area contributed by atoms with Crippen LogP contribution >= 0.6 is 11.8 Å². The maximum absolute atomic E-state index is 12.7. The van der Waals surface area contributed by atoms with Crippen molar-refractivity contribution < 1.29 is 23.9 Å². The van der Waals surface area contributed by atoms with Crippen LogP contribution < -0.4 is 10.5 Å². The fourth-order valence-electron chi connectivity index (χ4n) is 3.12. The van der Waals surface area contributed by atoms with Crippen molar-refractivity contribution in [1.29, 1.82) is 0 Å². The standard InChI is InChI=1S/C21H18N2O5S/c1-29-21-18(19(26)20(22)27)17-15(23(21)10-13-6-3-2-4-7-13)8-5-9-16(17)28-12-14(25)11-24/h2-9,11H,10,12H2,1H3,(H2,22,27). The normalized spacial score (nSPS) is 10.7. The zero-order valence-corrected chi connectivity index (χ0v) is 16.4. The van der Waals surface area contributed by atoms with E-state index in [0.29, 0.717) is 22.5 Å². The third kappa shape index (κ3) is 4.07. The molecular weight excluding hydrogens is 392 g/mol. The van der Waals surface area contributed by atoms with Crippen molar-refractivity contribution in [2.75, 3.05) is 12.9 Å². The number of fused-ring (bicyclic) bond motifs is 1. The van der Waals surface area contributed by atoms with Crippen LogP contribution in [-0.4, -0.2) is 41.2 Å². The van der Waals surface area contributed by atoms with E-state index >= 15 is 0 Å². The van der Waals surface area contributed by atoms with Gasteiger partial charge in [-0.3, -0.25) is 19.2 Å². The third-order valence-electron chi connectivity index (χ3n) is 4.33. The minimum Gasteiger partial charge on any atom is -0.485 e. The molecule has 0 atom stereocenters. The van der Waals surface area contributed by atoms with Crippen LogP contribution in [0.1, 0.15) is 15.9 Å². The molecule has 0 aliphatic carbocycles. The van der Waals surface area contributed by atoms with Crippen LogP contribution in [0.2, 0.25) is 0 Å². The lowest BCUT2D eigenvalue weighted by atomic mass is 10.1. The number of amides is 1. The van der Waals surface area contributed by atoms with Crippen molar-refractivity contribution in [2.24, 2.45) is 5.73 Å². The Hall–Kier alpha value is -3.39. The van der Waals surface area contributed by atoms with Gasteiger partial charge in [-0.2, -0.15) is 0 Å². The highest BCUT2D eigenvalue weighted by Gasteiger charge is 2.28. The van der Waals surface area contributed by atoms with Crippen LogP contribution in [-0.2, 0) is 20.9 Å². The van der Waals surface area contributed by atoms with E-state index in [1.807, 2.05) is 34.9 Å². The van der Waals surface area contributed by atoms with Gasteiger partial charge in [-0.25, -0.2) is 0 Å². The van der Waals surface area contributed by atoms with E-state index in [1.54, 1.807) is 24.5 Å². The molecule has 0 radical (unpaired) electrons. The fraction of sp³-hybridized carbons (Fsp3) is 0.143. The van der Waals surface area contributed by atoms with Gasteiger partial charge in [0.2, 0.25) is 5.78 Å². The number of hydrogen-bond acceptors (Lipinski definition) is 6. The molecule has 1 amide bonds. The molecule has 2 aromatic carbocycles. The first-order valence-electron chi connectivity index (χ1n) is 8.66. The van der Waals surface area contributed by atoms with Gasteiger partial charge in [0, 0.05) is 6.54 Å². The summed E-state index contributed by atoms with van der Waals surface area (Å²) in [5, 5.41) is 0.945. The van der Waals surface area contributed by atoms with Crippen LogP contribution in [0.4, 0.5) is 0 Å². The first-order chi connectivity index (χ1) is 14.0. The number of primary amides is 1. The maximum atomic E-state index is 12.7. The van der Waals surface area contributed by atoms with Gasteiger partial charge in [0.25, 0.3) is 11.7 Å². The summed E-state index contributed by atoms with van der Waals surface area (Å²) < 4.78 is 7.40. The molecule has 3 rings (SSSR count). The highest BCUT2D eigenvalue weighted by atomic mass is 32.2. The fourth-order valence-corrected chi connectivity index (χ4v) is 3.90. The number of ketones is 2. The molecule has 0 saturated carbocycles. The number of aromatic nitrogens is 1. The average molecular weight is 410 g/mol. The Labute approximate surface area is 170 Å². The quantitative estimate of drug-likeness (QED) is 0.251. The molecule has 0 fully saturated rings. The van der Waals surface area contributed by atoms with Gasteiger partial charge in [0.15, 0.2) is 12.9 Å². The Morgan fingerprint density at radius 2 is 1.83 bits per heavy atom. The molecule has 1 heterocycles. The predicted octanol–water partition coefficient (Wildman–Crippen LogP) is 2.23. The Kier molecular flexibility index (Phi) is 6.13. The Morgan fingerprint density at radius 3 is 2.45 bits per heavy atom. The smallest absolute Gasteiger partial charge is 0.289 e. The number of carbonyl (C=O) groups excluding carboxylic acids is 4. The van der Waals surface area contributed by atoms with E-state index in [4.69, 9.17) is 10.5 Å². The highest BCUT2D eigenvalue weighted by Crippen LogP contribution is 2.38. The molecule has 29 heavy (non-hydrogen) atoms. The van der Waals surface area contributed by atoms with E-state index in [0.717, 1.165) is 5.56 Å². The summed E-state index contributed by atoms with van der Waals surface area (Å²) in [5.41, 5.74) is 7.07. The van der Waals surface area contributed by atoms with Gasteiger partial charge in [0.05, 0.1) is 21.5 Å². The number of aldehydes is 1. The Bertz CT molecular complexity index is 1110. The summed E-state index contributed by atoms with van der Waals surface area (Å²) in [7, 11) is 0. The van der Waals surface area contributed by atoms with Crippen molar-refractivity contribution in [2.45, 2.75) is 11.6 Å². The largest absolute Gasteiger partial charge is 0.485 e. The lowest BCUT2D eigenvalue weighted by Crippen LogP contribution is -2.23. The molecule has 0 aliphatic rings. The number of benzene rings is 2. The maximum Gasteiger partial charge on any atom is 0.289 e.